The summed E-state index contributed by atoms with van der Waals surface area (Å²) in [5, 5.41) is 4.92. The zero-order chi connectivity index (χ0) is 18.8. The molecule has 0 aliphatic heterocycles. The summed E-state index contributed by atoms with van der Waals surface area (Å²) in [5.74, 6) is 0.280. The first kappa shape index (κ1) is 17.4. The van der Waals surface area contributed by atoms with Gasteiger partial charge >= 0.3 is 0 Å². The monoisotopic (exact) mass is 374 g/mol. The fourth-order valence-corrected chi connectivity index (χ4v) is 3.99. The molecule has 1 heterocycles. The molecule has 0 radical (unpaired) electrons. The summed E-state index contributed by atoms with van der Waals surface area (Å²) >= 11 is 1.49. The normalized spacial score (nSPS) is 11.0. The van der Waals surface area contributed by atoms with Crippen LogP contribution in [0.5, 0.6) is 0 Å². The van der Waals surface area contributed by atoms with Crippen molar-refractivity contribution in [3.05, 3.63) is 72.8 Å². The van der Waals surface area contributed by atoms with Crippen LogP contribution in [0.25, 0.3) is 21.8 Å². The first-order chi connectivity index (χ1) is 13.1. The van der Waals surface area contributed by atoms with Crippen LogP contribution in [0.2, 0.25) is 0 Å². The SMILES string of the molecule is CC(=O)Nc1ccc(SCC(=O)n2c3ccccc3c3ccccc32)cc1. The summed E-state index contributed by atoms with van der Waals surface area (Å²) < 4.78 is 1.81. The van der Waals surface area contributed by atoms with Crippen molar-refractivity contribution in [2.24, 2.45) is 0 Å². The van der Waals surface area contributed by atoms with E-state index >= 15 is 0 Å². The molecule has 0 aliphatic rings. The van der Waals surface area contributed by atoms with Crippen LogP contribution in [0, 0.1) is 0 Å². The average molecular weight is 374 g/mol. The molecule has 3 aromatic carbocycles. The summed E-state index contributed by atoms with van der Waals surface area (Å²) in [5.41, 5.74) is 2.62. The predicted molar refractivity (Wildman–Crippen MR) is 112 cm³/mol. The predicted octanol–water partition coefficient (Wildman–Crippen LogP) is 5.19. The lowest BCUT2D eigenvalue weighted by atomic mass is 10.2. The largest absolute Gasteiger partial charge is 0.326 e. The Morgan fingerprint density at radius 1 is 0.852 bits per heavy atom. The zero-order valence-electron chi connectivity index (χ0n) is 14.8. The number of anilines is 1. The minimum atomic E-state index is -0.100. The Morgan fingerprint density at radius 2 is 1.41 bits per heavy atom. The fourth-order valence-electron chi connectivity index (χ4n) is 3.24. The molecule has 4 aromatic rings. The van der Waals surface area contributed by atoms with Crippen molar-refractivity contribution in [3.8, 4) is 0 Å². The van der Waals surface area contributed by atoms with Gasteiger partial charge in [0.2, 0.25) is 11.8 Å². The molecular formula is C22H18N2O2S. The first-order valence-electron chi connectivity index (χ1n) is 8.65. The lowest BCUT2D eigenvalue weighted by Gasteiger charge is -2.07. The molecule has 1 N–H and O–H groups in total. The number of thioether (sulfide) groups is 1. The van der Waals surface area contributed by atoms with Crippen LogP contribution in [-0.4, -0.2) is 22.1 Å². The van der Waals surface area contributed by atoms with E-state index in [4.69, 9.17) is 0 Å². The maximum atomic E-state index is 13.0. The van der Waals surface area contributed by atoms with Crippen LogP contribution in [-0.2, 0) is 4.79 Å². The van der Waals surface area contributed by atoms with Gasteiger partial charge in [0.05, 0.1) is 16.8 Å². The van der Waals surface area contributed by atoms with Gasteiger partial charge in [-0.25, -0.2) is 0 Å². The molecule has 0 bridgehead atoms. The first-order valence-corrected chi connectivity index (χ1v) is 9.64. The highest BCUT2D eigenvalue weighted by Crippen LogP contribution is 2.29. The maximum absolute atomic E-state index is 13.0. The Kier molecular flexibility index (Phi) is 4.69. The molecular weight excluding hydrogens is 356 g/mol. The second-order valence-electron chi connectivity index (χ2n) is 6.26. The third-order valence-corrected chi connectivity index (χ3v) is 5.36. The Bertz CT molecular complexity index is 1090. The number of para-hydroxylation sites is 2. The molecule has 0 fully saturated rings. The molecule has 1 aromatic heterocycles. The highest BCUT2D eigenvalue weighted by atomic mass is 32.2. The number of carbonyl (C=O) groups is 2. The van der Waals surface area contributed by atoms with E-state index in [9.17, 15) is 9.59 Å². The fraction of sp³-hybridized carbons (Fsp3) is 0.0909. The third kappa shape index (κ3) is 3.46. The van der Waals surface area contributed by atoms with Crippen LogP contribution in [0.4, 0.5) is 5.69 Å². The molecule has 0 spiro atoms. The Labute approximate surface area is 161 Å². The van der Waals surface area contributed by atoms with Crippen LogP contribution in [0.15, 0.2) is 77.7 Å². The van der Waals surface area contributed by atoms with Crippen molar-refractivity contribution in [1.29, 1.82) is 0 Å². The number of benzene rings is 3. The average Bonchev–Trinajstić information content (AvgIpc) is 3.01. The summed E-state index contributed by atoms with van der Waals surface area (Å²) in [6, 6.07) is 23.5. The number of nitrogens with one attached hydrogen (secondary N) is 1. The summed E-state index contributed by atoms with van der Waals surface area (Å²) in [6.07, 6.45) is 0. The maximum Gasteiger partial charge on any atom is 0.241 e. The molecule has 1 amide bonds. The number of hydrogen-bond donors (Lipinski definition) is 1. The highest BCUT2D eigenvalue weighted by Gasteiger charge is 2.15. The molecule has 4 nitrogen and oxygen atoms in total. The summed E-state index contributed by atoms with van der Waals surface area (Å²) in [4.78, 5) is 25.1. The Morgan fingerprint density at radius 3 is 1.96 bits per heavy atom. The van der Waals surface area contributed by atoms with Gasteiger partial charge in [0.1, 0.15) is 0 Å². The van der Waals surface area contributed by atoms with Crippen molar-refractivity contribution in [3.63, 3.8) is 0 Å². The van der Waals surface area contributed by atoms with E-state index in [-0.39, 0.29) is 11.8 Å². The van der Waals surface area contributed by atoms with E-state index in [1.54, 1.807) is 0 Å². The smallest absolute Gasteiger partial charge is 0.241 e. The molecule has 0 saturated carbocycles. The molecule has 0 aliphatic carbocycles. The molecule has 134 valence electrons. The number of hydrogen-bond acceptors (Lipinski definition) is 3. The van der Waals surface area contributed by atoms with E-state index < -0.39 is 0 Å². The number of rotatable bonds is 4. The van der Waals surface area contributed by atoms with Crippen LogP contribution >= 0.6 is 11.8 Å². The van der Waals surface area contributed by atoms with Crippen molar-refractivity contribution >= 4 is 51.1 Å². The van der Waals surface area contributed by atoms with E-state index in [1.807, 2.05) is 65.2 Å². The van der Waals surface area contributed by atoms with Crippen molar-refractivity contribution < 1.29 is 9.59 Å². The molecule has 27 heavy (non-hydrogen) atoms. The Hall–Kier alpha value is -3.05. The second kappa shape index (κ2) is 7.29. The van der Waals surface area contributed by atoms with Gasteiger partial charge in [0.25, 0.3) is 0 Å². The summed E-state index contributed by atoms with van der Waals surface area (Å²) in [6.45, 7) is 1.48. The highest BCUT2D eigenvalue weighted by molar-refractivity contribution is 8.00. The molecule has 0 atom stereocenters. The van der Waals surface area contributed by atoms with Crippen molar-refractivity contribution in [2.45, 2.75) is 11.8 Å². The molecule has 0 unspecified atom stereocenters. The van der Waals surface area contributed by atoms with E-state index in [0.717, 1.165) is 32.4 Å². The van der Waals surface area contributed by atoms with Gasteiger partial charge in [-0.1, -0.05) is 36.4 Å². The number of carbonyl (C=O) groups excluding carboxylic acids is 2. The van der Waals surface area contributed by atoms with Crippen LogP contribution in [0.3, 0.4) is 0 Å². The molecule has 0 saturated heterocycles. The number of aromatic nitrogens is 1. The quantitative estimate of drug-likeness (QED) is 0.501. The molecule has 5 heteroatoms. The van der Waals surface area contributed by atoms with Gasteiger partial charge in [0, 0.05) is 28.3 Å². The minimum absolute atomic E-state index is 0.0448. The number of amides is 1. The lowest BCUT2D eigenvalue weighted by Crippen LogP contribution is -2.12. The zero-order valence-corrected chi connectivity index (χ0v) is 15.6. The topological polar surface area (TPSA) is 51.1 Å². The van der Waals surface area contributed by atoms with Gasteiger partial charge in [-0.05, 0) is 36.4 Å². The van der Waals surface area contributed by atoms with Gasteiger partial charge < -0.3 is 5.32 Å². The summed E-state index contributed by atoms with van der Waals surface area (Å²) in [7, 11) is 0. The van der Waals surface area contributed by atoms with Crippen molar-refractivity contribution in [2.75, 3.05) is 11.1 Å². The van der Waals surface area contributed by atoms with Gasteiger partial charge in [-0.2, -0.15) is 0 Å². The van der Waals surface area contributed by atoms with Crippen LogP contribution in [0.1, 0.15) is 11.7 Å². The van der Waals surface area contributed by atoms with E-state index in [1.165, 1.54) is 18.7 Å². The second-order valence-corrected chi connectivity index (χ2v) is 7.31. The van der Waals surface area contributed by atoms with Crippen molar-refractivity contribution in [1.82, 2.24) is 4.57 Å². The molecule has 4 rings (SSSR count). The van der Waals surface area contributed by atoms with E-state index in [0.29, 0.717) is 5.75 Å². The number of nitrogens with zero attached hydrogens (tertiary/aromatic N) is 1. The Balaban J connectivity index is 1.59. The minimum Gasteiger partial charge on any atom is -0.326 e. The lowest BCUT2D eigenvalue weighted by molar-refractivity contribution is -0.114. The van der Waals surface area contributed by atoms with E-state index in [2.05, 4.69) is 17.4 Å². The van der Waals surface area contributed by atoms with Gasteiger partial charge in [-0.3, -0.25) is 14.2 Å². The standard InChI is InChI=1S/C22H18N2O2S/c1-15(25)23-16-10-12-17(13-11-16)27-14-22(26)24-20-8-4-2-6-18(20)19-7-3-5-9-21(19)24/h2-13H,14H2,1H3,(H,23,25). The van der Waals surface area contributed by atoms with Gasteiger partial charge in [0.15, 0.2) is 0 Å². The van der Waals surface area contributed by atoms with Gasteiger partial charge in [-0.15, -0.1) is 11.8 Å². The van der Waals surface area contributed by atoms with Crippen LogP contribution < -0.4 is 5.32 Å². The third-order valence-electron chi connectivity index (χ3n) is 4.37. The number of fused-ring (bicyclic) bond motifs is 3.